The Hall–Kier alpha value is -3.30. The van der Waals surface area contributed by atoms with Crippen molar-refractivity contribution in [1.29, 1.82) is 0 Å². The van der Waals surface area contributed by atoms with Gasteiger partial charge < -0.3 is 19.3 Å². The van der Waals surface area contributed by atoms with Crippen molar-refractivity contribution in [3.05, 3.63) is 65.2 Å². The fraction of sp³-hybridized carbons (Fsp3) is 0.393. The van der Waals surface area contributed by atoms with Gasteiger partial charge in [0.25, 0.3) is 0 Å². The van der Waals surface area contributed by atoms with Crippen LogP contribution >= 0.6 is 11.3 Å². The molecule has 37 heavy (non-hydrogen) atoms. The van der Waals surface area contributed by atoms with Gasteiger partial charge in [-0.2, -0.15) is 0 Å². The van der Waals surface area contributed by atoms with Gasteiger partial charge in [0.15, 0.2) is 5.13 Å². The molecule has 3 fully saturated rings. The second kappa shape index (κ2) is 8.92. The lowest BCUT2D eigenvalue weighted by Crippen LogP contribution is -2.45. The number of aromatic nitrogens is 2. The number of nitrogens with zero attached hydrogens (tertiary/aromatic N) is 3. The maximum absolute atomic E-state index is 13.5. The van der Waals surface area contributed by atoms with Gasteiger partial charge in [-0.1, -0.05) is 16.5 Å². The minimum Gasteiger partial charge on any atom is -0.478 e. The molecule has 0 radical (unpaired) electrons. The van der Waals surface area contributed by atoms with E-state index in [0.717, 1.165) is 76.5 Å². The van der Waals surface area contributed by atoms with Gasteiger partial charge in [0.2, 0.25) is 0 Å². The second-order valence-electron chi connectivity index (χ2n) is 10.3. The molecule has 9 heteroatoms. The van der Waals surface area contributed by atoms with Crippen LogP contribution in [0.3, 0.4) is 0 Å². The fourth-order valence-electron chi connectivity index (χ4n) is 5.89. The second-order valence-corrected chi connectivity index (χ2v) is 11.3. The first-order valence-corrected chi connectivity index (χ1v) is 13.6. The average Bonchev–Trinajstić information content (AvgIpc) is 3.41. The predicted octanol–water partition coefficient (Wildman–Crippen LogP) is 6.38. The molecular weight excluding hydrogens is 493 g/mol. The van der Waals surface area contributed by atoms with E-state index in [-0.39, 0.29) is 17.5 Å². The first-order chi connectivity index (χ1) is 18.0. The van der Waals surface area contributed by atoms with Gasteiger partial charge in [-0.15, -0.1) is 0 Å². The number of carboxylic acids is 1. The Balaban J connectivity index is 1.08. The van der Waals surface area contributed by atoms with Crippen molar-refractivity contribution in [1.82, 2.24) is 10.1 Å². The van der Waals surface area contributed by atoms with Crippen LogP contribution in [0.4, 0.5) is 9.52 Å². The molecule has 0 spiro atoms. The van der Waals surface area contributed by atoms with E-state index in [2.05, 4.69) is 10.1 Å². The van der Waals surface area contributed by atoms with E-state index in [4.69, 9.17) is 14.2 Å². The van der Waals surface area contributed by atoms with E-state index >= 15 is 0 Å². The molecule has 7 nitrogen and oxygen atoms in total. The first-order valence-electron chi connectivity index (χ1n) is 12.8. The number of hydrogen-bond donors (Lipinski definition) is 1. The molecule has 1 aliphatic carbocycles. The van der Waals surface area contributed by atoms with Crippen LogP contribution in [0.25, 0.3) is 21.5 Å². The molecule has 2 saturated heterocycles. The zero-order chi connectivity index (χ0) is 25.1. The number of aromatic carboxylic acids is 1. The average molecular weight is 520 g/mol. The van der Waals surface area contributed by atoms with Crippen LogP contribution in [0, 0.1) is 5.82 Å². The number of rotatable bonds is 7. The van der Waals surface area contributed by atoms with Crippen molar-refractivity contribution in [3.63, 3.8) is 0 Å². The molecule has 190 valence electrons. The van der Waals surface area contributed by atoms with Crippen molar-refractivity contribution in [2.24, 2.45) is 0 Å². The summed E-state index contributed by atoms with van der Waals surface area (Å²) in [5, 5.41) is 14.6. The molecule has 4 heterocycles. The molecule has 0 amide bonds. The minimum absolute atomic E-state index is 0.129. The summed E-state index contributed by atoms with van der Waals surface area (Å²) in [5.41, 5.74) is 3.71. The number of benzene rings is 2. The van der Waals surface area contributed by atoms with Crippen LogP contribution in [0.2, 0.25) is 0 Å². The van der Waals surface area contributed by atoms with Gasteiger partial charge in [-0.25, -0.2) is 14.2 Å². The zero-order valence-electron chi connectivity index (χ0n) is 20.1. The molecule has 0 unspecified atom stereocenters. The quantitative estimate of drug-likeness (QED) is 0.303. The molecule has 4 aromatic rings. The Bertz CT molecular complexity index is 1460. The van der Waals surface area contributed by atoms with Crippen LogP contribution in [0.1, 0.15) is 66.1 Å². The highest BCUT2D eigenvalue weighted by Gasteiger charge is 2.43. The molecule has 2 aromatic heterocycles. The first kappa shape index (κ1) is 22.9. The molecule has 2 aliphatic heterocycles. The van der Waals surface area contributed by atoms with E-state index in [1.807, 2.05) is 0 Å². The summed E-state index contributed by atoms with van der Waals surface area (Å²) < 4.78 is 26.6. The number of fused-ring (bicyclic) bond motifs is 3. The van der Waals surface area contributed by atoms with Crippen molar-refractivity contribution in [2.75, 3.05) is 4.90 Å². The van der Waals surface area contributed by atoms with Gasteiger partial charge in [-0.3, -0.25) is 0 Å². The van der Waals surface area contributed by atoms with Crippen molar-refractivity contribution >= 4 is 32.7 Å². The normalized spacial score (nSPS) is 23.2. The molecule has 2 aromatic carbocycles. The summed E-state index contributed by atoms with van der Waals surface area (Å²) in [6, 6.07) is 12.2. The van der Waals surface area contributed by atoms with Crippen molar-refractivity contribution in [2.45, 2.75) is 69.2 Å². The van der Waals surface area contributed by atoms with E-state index < -0.39 is 5.97 Å². The SMILES string of the molecule is O=C(O)c1ccc2nc(N3[C@@H]4CC[C@H]3C[C@H](OCc3c(-c5ccc(F)cc5)noc3C3CC3)C4)sc2c1. The van der Waals surface area contributed by atoms with E-state index in [0.29, 0.717) is 24.6 Å². The molecule has 7 rings (SSSR count). The third-order valence-corrected chi connectivity index (χ3v) is 8.91. The van der Waals surface area contributed by atoms with Crippen LogP contribution in [-0.4, -0.2) is 39.4 Å². The smallest absolute Gasteiger partial charge is 0.335 e. The number of halogens is 1. The van der Waals surface area contributed by atoms with Crippen LogP contribution in [0.5, 0.6) is 0 Å². The van der Waals surface area contributed by atoms with Gasteiger partial charge in [0.1, 0.15) is 17.3 Å². The summed E-state index contributed by atoms with van der Waals surface area (Å²) in [6.45, 7) is 0.436. The summed E-state index contributed by atoms with van der Waals surface area (Å²) in [5.74, 6) is 0.120. The Labute approximate surface area is 216 Å². The lowest BCUT2D eigenvalue weighted by atomic mass is 10.00. The molecule has 2 bridgehead atoms. The highest BCUT2D eigenvalue weighted by molar-refractivity contribution is 7.22. The monoisotopic (exact) mass is 519 g/mol. The number of ether oxygens (including phenoxy) is 1. The summed E-state index contributed by atoms with van der Waals surface area (Å²) in [4.78, 5) is 18.6. The third-order valence-electron chi connectivity index (χ3n) is 7.88. The maximum atomic E-state index is 13.5. The molecular formula is C28H26FN3O4S. The van der Waals surface area contributed by atoms with Crippen LogP contribution in [0.15, 0.2) is 47.0 Å². The number of thiazole rings is 1. The molecule has 3 atom stereocenters. The molecule has 1 saturated carbocycles. The van der Waals surface area contributed by atoms with Crippen molar-refractivity contribution in [3.8, 4) is 11.3 Å². The number of carbonyl (C=O) groups is 1. The van der Waals surface area contributed by atoms with E-state index in [9.17, 15) is 14.3 Å². The largest absolute Gasteiger partial charge is 0.478 e. The van der Waals surface area contributed by atoms with Gasteiger partial charge in [0, 0.05) is 29.1 Å². The van der Waals surface area contributed by atoms with Crippen LogP contribution in [-0.2, 0) is 11.3 Å². The zero-order valence-corrected chi connectivity index (χ0v) is 20.9. The Kier molecular flexibility index (Phi) is 5.51. The third kappa shape index (κ3) is 4.20. The Morgan fingerprint density at radius 3 is 2.57 bits per heavy atom. The summed E-state index contributed by atoms with van der Waals surface area (Å²) >= 11 is 1.57. The number of piperidine rings is 1. The number of carboxylic acid groups (broad SMARTS) is 1. The number of hydrogen-bond acceptors (Lipinski definition) is 7. The van der Waals surface area contributed by atoms with E-state index in [1.54, 1.807) is 41.7 Å². The number of anilines is 1. The summed E-state index contributed by atoms with van der Waals surface area (Å²) in [7, 11) is 0. The lowest BCUT2D eigenvalue weighted by molar-refractivity contribution is 0.0147. The lowest BCUT2D eigenvalue weighted by Gasteiger charge is -2.38. The highest BCUT2D eigenvalue weighted by Crippen LogP contribution is 2.46. The highest BCUT2D eigenvalue weighted by atomic mass is 32.1. The standard InChI is InChI=1S/C28H26FN3O4S/c29-18-6-3-15(4-7-18)25-22(26(36-31-25)16-1-2-16)14-35-21-12-19-8-9-20(13-21)32(19)28-30-23-10-5-17(27(33)34)11-24(23)37-28/h3-7,10-11,16,19-21H,1-2,8-9,12-14H2,(H,33,34)/t19-,20+,21-. The topological polar surface area (TPSA) is 88.7 Å². The fourth-order valence-corrected chi connectivity index (χ4v) is 7.04. The summed E-state index contributed by atoms with van der Waals surface area (Å²) in [6.07, 6.45) is 6.37. The van der Waals surface area contributed by atoms with Crippen molar-refractivity contribution < 1.29 is 23.6 Å². The van der Waals surface area contributed by atoms with Gasteiger partial charge in [0.05, 0.1) is 28.5 Å². The maximum Gasteiger partial charge on any atom is 0.335 e. The van der Waals surface area contributed by atoms with Gasteiger partial charge >= 0.3 is 5.97 Å². The Morgan fingerprint density at radius 2 is 1.86 bits per heavy atom. The van der Waals surface area contributed by atoms with Crippen LogP contribution < -0.4 is 4.90 Å². The van der Waals surface area contributed by atoms with Gasteiger partial charge in [-0.05, 0) is 81.0 Å². The Morgan fingerprint density at radius 1 is 1.11 bits per heavy atom. The molecule has 3 aliphatic rings. The molecule has 1 N–H and O–H groups in total. The van der Waals surface area contributed by atoms with E-state index in [1.165, 1.54) is 12.1 Å². The minimum atomic E-state index is -0.921. The predicted molar refractivity (Wildman–Crippen MR) is 138 cm³/mol.